The lowest BCUT2D eigenvalue weighted by molar-refractivity contribution is 0.0528. The molecule has 0 radical (unpaired) electrons. The molecule has 0 fully saturated rings. The highest BCUT2D eigenvalue weighted by Crippen LogP contribution is 2.34. The molecule has 0 atom stereocenters. The summed E-state index contributed by atoms with van der Waals surface area (Å²) in [5, 5.41) is 2.65. The van der Waals surface area contributed by atoms with Gasteiger partial charge in [-0.05, 0) is 49.1 Å². The average molecular weight is 489 g/mol. The molecule has 1 aromatic carbocycles. The fourth-order valence-electron chi connectivity index (χ4n) is 3.22. The van der Waals surface area contributed by atoms with Crippen molar-refractivity contribution in [3.8, 4) is 11.5 Å². The predicted molar refractivity (Wildman–Crippen MR) is 129 cm³/mol. The monoisotopic (exact) mass is 488 g/mol. The molecule has 4 aromatic rings. The summed E-state index contributed by atoms with van der Waals surface area (Å²) in [4.78, 5) is 17.5. The molecule has 0 amide bonds. The topological polar surface area (TPSA) is 83.7 Å². The number of nitrogens with zero attached hydrogens (tertiary/aromatic N) is 1. The van der Waals surface area contributed by atoms with Crippen molar-refractivity contribution >= 4 is 56.1 Å². The summed E-state index contributed by atoms with van der Waals surface area (Å²) < 4.78 is 18.6. The standard InChI is InChI=1S/C23H21ClN2O4S2/c1-3-28-23(27)18-9-26-22(25)20-14(12-31-21(18)20)10-29-15-6-13(2)7-16(8-15)30-11-17-4-5-19(24)32-17/h4-9,12H,3,10-11H2,1-2H3,(H2,25,26). The molecule has 2 N–H and O–H groups in total. The van der Waals surface area contributed by atoms with Crippen LogP contribution in [-0.4, -0.2) is 17.6 Å². The van der Waals surface area contributed by atoms with Crippen LogP contribution in [0.4, 0.5) is 5.82 Å². The van der Waals surface area contributed by atoms with Gasteiger partial charge in [-0.2, -0.15) is 0 Å². The molecule has 0 aliphatic heterocycles. The van der Waals surface area contributed by atoms with Gasteiger partial charge in [-0.3, -0.25) is 0 Å². The minimum absolute atomic E-state index is 0.279. The number of nitrogens with two attached hydrogens (primary N) is 1. The van der Waals surface area contributed by atoms with Crippen molar-refractivity contribution in [2.75, 3.05) is 12.3 Å². The Labute approximate surface area is 198 Å². The van der Waals surface area contributed by atoms with E-state index in [0.29, 0.717) is 36.1 Å². The minimum atomic E-state index is -0.410. The van der Waals surface area contributed by atoms with E-state index in [0.717, 1.165) is 30.4 Å². The largest absolute Gasteiger partial charge is 0.489 e. The van der Waals surface area contributed by atoms with E-state index in [-0.39, 0.29) is 6.61 Å². The normalized spacial score (nSPS) is 11.0. The second kappa shape index (κ2) is 9.77. The van der Waals surface area contributed by atoms with Crippen molar-refractivity contribution in [1.82, 2.24) is 4.98 Å². The molecule has 6 nitrogen and oxygen atoms in total. The van der Waals surface area contributed by atoms with Gasteiger partial charge in [0.05, 0.1) is 21.2 Å². The molecule has 166 valence electrons. The van der Waals surface area contributed by atoms with E-state index in [2.05, 4.69) is 4.98 Å². The Bertz CT molecular complexity index is 1270. The van der Waals surface area contributed by atoms with E-state index in [9.17, 15) is 4.79 Å². The average Bonchev–Trinajstić information content (AvgIpc) is 3.37. The van der Waals surface area contributed by atoms with Gasteiger partial charge >= 0.3 is 5.97 Å². The number of aromatic nitrogens is 1. The van der Waals surface area contributed by atoms with Gasteiger partial charge in [-0.1, -0.05) is 11.6 Å². The Morgan fingerprint density at radius 1 is 1.16 bits per heavy atom. The molecule has 0 aliphatic carbocycles. The molecule has 9 heteroatoms. The first-order valence-electron chi connectivity index (χ1n) is 9.87. The number of pyridine rings is 1. The van der Waals surface area contributed by atoms with Crippen LogP contribution in [0.1, 0.15) is 33.3 Å². The number of carbonyl (C=O) groups excluding carboxylic acids is 1. The van der Waals surface area contributed by atoms with Crippen LogP contribution >= 0.6 is 34.3 Å². The number of hydrogen-bond donors (Lipinski definition) is 1. The minimum Gasteiger partial charge on any atom is -0.489 e. The number of aryl methyl sites for hydroxylation is 1. The van der Waals surface area contributed by atoms with Gasteiger partial charge in [0.1, 0.15) is 30.5 Å². The quantitative estimate of drug-likeness (QED) is 0.296. The lowest BCUT2D eigenvalue weighted by atomic mass is 10.1. The van der Waals surface area contributed by atoms with Crippen molar-refractivity contribution in [2.45, 2.75) is 27.1 Å². The van der Waals surface area contributed by atoms with Crippen molar-refractivity contribution in [3.05, 3.63) is 67.8 Å². The van der Waals surface area contributed by atoms with Gasteiger partial charge in [0, 0.05) is 28.1 Å². The number of ether oxygens (including phenoxy) is 3. The summed E-state index contributed by atoms with van der Waals surface area (Å²) in [6.45, 7) is 4.76. The third-order valence-corrected chi connectivity index (χ3v) is 6.89. The van der Waals surface area contributed by atoms with Crippen molar-refractivity contribution in [1.29, 1.82) is 0 Å². The zero-order valence-corrected chi connectivity index (χ0v) is 19.9. The van der Waals surface area contributed by atoms with Crippen LogP contribution in [0.15, 0.2) is 41.9 Å². The molecule has 0 saturated heterocycles. The second-order valence-electron chi connectivity index (χ2n) is 7.01. The summed E-state index contributed by atoms with van der Waals surface area (Å²) in [5.74, 6) is 1.34. The fraction of sp³-hybridized carbons (Fsp3) is 0.217. The molecule has 3 heterocycles. The number of anilines is 1. The van der Waals surface area contributed by atoms with Gasteiger partial charge in [0.2, 0.25) is 0 Å². The highest BCUT2D eigenvalue weighted by atomic mass is 35.5. The molecule has 3 aromatic heterocycles. The van der Waals surface area contributed by atoms with Gasteiger partial charge in [0.15, 0.2) is 0 Å². The van der Waals surface area contributed by atoms with E-state index >= 15 is 0 Å². The van der Waals surface area contributed by atoms with Crippen LogP contribution < -0.4 is 15.2 Å². The van der Waals surface area contributed by atoms with E-state index in [1.807, 2.05) is 42.6 Å². The molecule has 0 unspecified atom stereocenters. The Morgan fingerprint density at radius 2 is 1.91 bits per heavy atom. The second-order valence-corrected chi connectivity index (χ2v) is 9.69. The number of esters is 1. The maximum atomic E-state index is 12.3. The highest BCUT2D eigenvalue weighted by Gasteiger charge is 2.18. The van der Waals surface area contributed by atoms with E-state index in [1.54, 1.807) is 6.92 Å². The maximum absolute atomic E-state index is 12.3. The number of thiophene rings is 2. The summed E-state index contributed by atoms with van der Waals surface area (Å²) in [5.41, 5.74) is 8.40. The van der Waals surface area contributed by atoms with Gasteiger partial charge in [-0.25, -0.2) is 9.78 Å². The molecular formula is C23H21ClN2O4S2. The van der Waals surface area contributed by atoms with Gasteiger partial charge < -0.3 is 19.9 Å². The summed E-state index contributed by atoms with van der Waals surface area (Å²) in [7, 11) is 0. The number of benzene rings is 1. The first-order chi connectivity index (χ1) is 15.4. The van der Waals surface area contributed by atoms with Crippen LogP contribution in [0.2, 0.25) is 4.34 Å². The summed E-state index contributed by atoms with van der Waals surface area (Å²) >= 11 is 8.90. The number of carbonyl (C=O) groups is 1. The molecular weight excluding hydrogens is 468 g/mol. The summed E-state index contributed by atoms with van der Waals surface area (Å²) in [6, 6.07) is 9.55. The zero-order valence-electron chi connectivity index (χ0n) is 17.5. The number of halogens is 1. The Kier molecular flexibility index (Phi) is 6.83. The van der Waals surface area contributed by atoms with Crippen molar-refractivity contribution in [3.63, 3.8) is 0 Å². The Balaban J connectivity index is 1.51. The molecule has 32 heavy (non-hydrogen) atoms. The van der Waals surface area contributed by atoms with Crippen molar-refractivity contribution in [2.24, 2.45) is 0 Å². The predicted octanol–water partition coefficient (Wildman–Crippen LogP) is 6.24. The lowest BCUT2D eigenvalue weighted by Crippen LogP contribution is -2.06. The zero-order chi connectivity index (χ0) is 22.7. The SMILES string of the molecule is CCOC(=O)c1cnc(N)c2c(COc3cc(C)cc(OCc4ccc(Cl)s4)c3)csc12. The highest BCUT2D eigenvalue weighted by molar-refractivity contribution is 7.18. The van der Waals surface area contributed by atoms with Crippen LogP contribution in [0, 0.1) is 6.92 Å². The lowest BCUT2D eigenvalue weighted by Gasteiger charge is -2.11. The first-order valence-corrected chi connectivity index (χ1v) is 11.9. The third kappa shape index (κ3) is 4.98. The fourth-order valence-corrected chi connectivity index (χ4v) is 5.28. The molecule has 0 aliphatic rings. The summed E-state index contributed by atoms with van der Waals surface area (Å²) in [6.07, 6.45) is 1.46. The molecule has 0 bridgehead atoms. The molecule has 0 spiro atoms. The third-order valence-electron chi connectivity index (χ3n) is 4.62. The van der Waals surface area contributed by atoms with E-state index in [1.165, 1.54) is 28.9 Å². The number of hydrogen-bond acceptors (Lipinski definition) is 8. The van der Waals surface area contributed by atoms with Gasteiger partial charge in [-0.15, -0.1) is 22.7 Å². The Hall–Kier alpha value is -2.81. The van der Waals surface area contributed by atoms with Crippen LogP contribution in [0.5, 0.6) is 11.5 Å². The van der Waals surface area contributed by atoms with E-state index < -0.39 is 5.97 Å². The maximum Gasteiger partial charge on any atom is 0.341 e. The number of rotatable bonds is 8. The number of nitrogen functional groups attached to an aromatic ring is 1. The molecule has 4 rings (SSSR count). The van der Waals surface area contributed by atoms with Crippen molar-refractivity contribution < 1.29 is 19.0 Å². The van der Waals surface area contributed by atoms with E-state index in [4.69, 9.17) is 31.5 Å². The van der Waals surface area contributed by atoms with Crippen LogP contribution in [0.25, 0.3) is 10.1 Å². The van der Waals surface area contributed by atoms with Crippen LogP contribution in [-0.2, 0) is 18.0 Å². The van der Waals surface area contributed by atoms with Gasteiger partial charge in [0.25, 0.3) is 0 Å². The number of fused-ring (bicyclic) bond motifs is 1. The Morgan fingerprint density at radius 3 is 2.59 bits per heavy atom. The smallest absolute Gasteiger partial charge is 0.341 e. The first kappa shape index (κ1) is 22.4. The molecule has 0 saturated carbocycles. The van der Waals surface area contributed by atoms with Crippen LogP contribution in [0.3, 0.4) is 0 Å².